The Balaban J connectivity index is 1.50. The van der Waals surface area contributed by atoms with E-state index in [0.717, 1.165) is 6.42 Å². The van der Waals surface area contributed by atoms with E-state index in [9.17, 15) is 9.00 Å². The molecule has 1 aliphatic heterocycles. The number of ether oxygens (including phenoxy) is 2. The van der Waals surface area contributed by atoms with Crippen LogP contribution < -0.4 is 14.8 Å². The maximum Gasteiger partial charge on any atom is 0.274 e. The van der Waals surface area contributed by atoms with Gasteiger partial charge in [-0.2, -0.15) is 0 Å². The first-order valence-electron chi connectivity index (χ1n) is 8.43. The van der Waals surface area contributed by atoms with Gasteiger partial charge >= 0.3 is 0 Å². The lowest BCUT2D eigenvalue weighted by atomic mass is 10.3. The Labute approximate surface area is 158 Å². The van der Waals surface area contributed by atoms with Gasteiger partial charge < -0.3 is 14.8 Å². The molecular formula is C19H17N3O4S. The molecule has 0 bridgehead atoms. The summed E-state index contributed by atoms with van der Waals surface area (Å²) in [5, 5.41) is 2.74. The highest BCUT2D eigenvalue weighted by Crippen LogP contribution is 2.31. The van der Waals surface area contributed by atoms with E-state index >= 15 is 0 Å². The molecule has 0 aliphatic carbocycles. The molecule has 0 saturated carbocycles. The van der Waals surface area contributed by atoms with Crippen LogP contribution in [-0.4, -0.2) is 32.3 Å². The van der Waals surface area contributed by atoms with Crippen LogP contribution in [0.4, 0.5) is 5.69 Å². The molecule has 1 amide bonds. The number of amides is 1. The number of nitrogens with zero attached hydrogens (tertiary/aromatic N) is 2. The molecule has 8 heteroatoms. The molecule has 7 nitrogen and oxygen atoms in total. The van der Waals surface area contributed by atoms with Gasteiger partial charge in [-0.1, -0.05) is 6.07 Å². The maximum absolute atomic E-state index is 12.8. The fourth-order valence-electron chi connectivity index (χ4n) is 2.62. The number of aromatic nitrogens is 2. The second kappa shape index (κ2) is 7.63. The number of carbonyl (C=O) groups excluding carboxylic acids is 1. The number of hydrogen-bond acceptors (Lipinski definition) is 5. The monoisotopic (exact) mass is 383 g/mol. The van der Waals surface area contributed by atoms with E-state index in [4.69, 9.17) is 9.47 Å². The van der Waals surface area contributed by atoms with Crippen LogP contribution in [0.15, 0.2) is 66.0 Å². The molecular weight excluding hydrogens is 366 g/mol. The number of anilines is 1. The average Bonchev–Trinajstić information content (AvgIpc) is 3.04. The highest BCUT2D eigenvalue weighted by Gasteiger charge is 2.15. The van der Waals surface area contributed by atoms with Gasteiger partial charge in [-0.3, -0.25) is 13.8 Å². The number of nitrogens with one attached hydrogen (secondary N) is 1. The van der Waals surface area contributed by atoms with E-state index in [0.29, 0.717) is 41.0 Å². The van der Waals surface area contributed by atoms with E-state index in [-0.39, 0.29) is 5.91 Å². The van der Waals surface area contributed by atoms with Crippen molar-refractivity contribution >= 4 is 22.6 Å². The summed E-state index contributed by atoms with van der Waals surface area (Å²) in [6.07, 6.45) is 5.62. The summed E-state index contributed by atoms with van der Waals surface area (Å²) >= 11 is 0. The van der Waals surface area contributed by atoms with Crippen LogP contribution in [0.2, 0.25) is 0 Å². The van der Waals surface area contributed by atoms with Gasteiger partial charge in [0.25, 0.3) is 5.91 Å². The number of pyridine rings is 1. The summed E-state index contributed by atoms with van der Waals surface area (Å²) in [5.74, 6) is 0.924. The number of fused-ring (bicyclic) bond motifs is 1. The summed E-state index contributed by atoms with van der Waals surface area (Å²) in [6, 6.07) is 12.0. The van der Waals surface area contributed by atoms with Crippen molar-refractivity contribution in [2.24, 2.45) is 0 Å². The molecule has 0 spiro atoms. The minimum atomic E-state index is -1.47. The van der Waals surface area contributed by atoms with Crippen molar-refractivity contribution in [3.05, 3.63) is 66.7 Å². The third kappa shape index (κ3) is 3.85. The number of rotatable bonds is 4. The summed E-state index contributed by atoms with van der Waals surface area (Å²) < 4.78 is 25.6. The maximum atomic E-state index is 12.8. The fraction of sp³-hybridized carbons (Fsp3) is 0.158. The standard InChI is InChI=1S/C19H17N3O4S/c23-19(16-4-1-2-8-20-16)21-14-7-9-22(13-14)27(24)15-5-6-17-18(12-15)26-11-3-10-25-17/h1-2,4-9,12-13H,3,10-11H2,(H,21,23). The van der Waals surface area contributed by atoms with Crippen LogP contribution in [0.5, 0.6) is 11.5 Å². The Morgan fingerprint density at radius 3 is 2.78 bits per heavy atom. The van der Waals surface area contributed by atoms with E-state index in [1.54, 1.807) is 61.1 Å². The minimum Gasteiger partial charge on any atom is -0.490 e. The molecule has 3 aromatic rings. The Hall–Kier alpha value is -3.13. The summed E-state index contributed by atoms with van der Waals surface area (Å²) in [4.78, 5) is 16.8. The van der Waals surface area contributed by atoms with E-state index in [2.05, 4.69) is 10.3 Å². The smallest absolute Gasteiger partial charge is 0.274 e. The van der Waals surface area contributed by atoms with E-state index in [1.807, 2.05) is 0 Å². The van der Waals surface area contributed by atoms with E-state index in [1.165, 1.54) is 3.97 Å². The third-order valence-corrected chi connectivity index (χ3v) is 5.20. The van der Waals surface area contributed by atoms with Crippen molar-refractivity contribution in [2.75, 3.05) is 18.5 Å². The lowest BCUT2D eigenvalue weighted by Gasteiger charge is -2.09. The lowest BCUT2D eigenvalue weighted by molar-refractivity contribution is 0.102. The van der Waals surface area contributed by atoms with E-state index < -0.39 is 11.0 Å². The normalized spacial score (nSPS) is 14.2. The molecule has 0 fully saturated rings. The summed E-state index contributed by atoms with van der Waals surface area (Å²) in [6.45, 7) is 1.17. The largest absolute Gasteiger partial charge is 0.490 e. The molecule has 4 rings (SSSR count). The van der Waals surface area contributed by atoms with Crippen molar-refractivity contribution in [3.8, 4) is 11.5 Å². The Kier molecular flexibility index (Phi) is 4.88. The zero-order valence-electron chi connectivity index (χ0n) is 14.3. The predicted molar refractivity (Wildman–Crippen MR) is 100 cm³/mol. The van der Waals surface area contributed by atoms with Crippen LogP contribution in [0.25, 0.3) is 0 Å². The van der Waals surface area contributed by atoms with Gasteiger partial charge in [0.05, 0.1) is 23.8 Å². The van der Waals surface area contributed by atoms with Crippen molar-refractivity contribution in [1.82, 2.24) is 8.96 Å². The van der Waals surface area contributed by atoms with Gasteiger partial charge in [-0.25, -0.2) is 4.21 Å². The second-order valence-electron chi connectivity index (χ2n) is 5.84. The average molecular weight is 383 g/mol. The molecule has 1 aliphatic rings. The summed E-state index contributed by atoms with van der Waals surface area (Å²) in [7, 11) is -1.47. The SMILES string of the molecule is O=C(Nc1ccn(S(=O)c2ccc3c(c2)OCCCO3)c1)c1ccccn1. The molecule has 0 radical (unpaired) electrons. The molecule has 0 saturated heterocycles. The fourth-order valence-corrected chi connectivity index (χ4v) is 3.64. The number of carbonyl (C=O) groups is 1. The highest BCUT2D eigenvalue weighted by molar-refractivity contribution is 7.83. The van der Waals surface area contributed by atoms with Crippen molar-refractivity contribution in [3.63, 3.8) is 0 Å². The molecule has 1 unspecified atom stereocenters. The minimum absolute atomic E-state index is 0.314. The zero-order valence-corrected chi connectivity index (χ0v) is 15.1. The lowest BCUT2D eigenvalue weighted by Crippen LogP contribution is -2.13. The van der Waals surface area contributed by atoms with Crippen LogP contribution in [0.3, 0.4) is 0 Å². The van der Waals surface area contributed by atoms with Gasteiger partial charge in [-0.05, 0) is 30.3 Å². The predicted octanol–water partition coefficient (Wildman–Crippen LogP) is 2.87. The molecule has 27 heavy (non-hydrogen) atoms. The van der Waals surface area contributed by atoms with Crippen molar-refractivity contribution in [2.45, 2.75) is 11.3 Å². The quantitative estimate of drug-likeness (QED) is 0.749. The van der Waals surface area contributed by atoms with Gasteiger partial charge in [0, 0.05) is 31.1 Å². The van der Waals surface area contributed by atoms with Crippen LogP contribution in [-0.2, 0) is 11.0 Å². The third-order valence-electron chi connectivity index (χ3n) is 3.93. The second-order valence-corrected chi connectivity index (χ2v) is 7.23. The molecule has 138 valence electrons. The molecule has 2 aromatic heterocycles. The van der Waals surface area contributed by atoms with Crippen LogP contribution in [0.1, 0.15) is 16.9 Å². The zero-order chi connectivity index (χ0) is 18.6. The first kappa shape index (κ1) is 17.3. The van der Waals surface area contributed by atoms with Gasteiger partial charge in [0.1, 0.15) is 5.69 Å². The first-order chi connectivity index (χ1) is 13.2. The van der Waals surface area contributed by atoms with Gasteiger partial charge in [0.2, 0.25) is 0 Å². The summed E-state index contributed by atoms with van der Waals surface area (Å²) in [5.41, 5.74) is 0.850. The molecule has 1 N–H and O–H groups in total. The number of hydrogen-bond donors (Lipinski definition) is 1. The topological polar surface area (TPSA) is 82.5 Å². The Bertz CT molecular complexity index is 988. The Morgan fingerprint density at radius 1 is 1.11 bits per heavy atom. The van der Waals surface area contributed by atoms with Crippen LogP contribution in [0, 0.1) is 0 Å². The van der Waals surface area contributed by atoms with Crippen molar-refractivity contribution in [1.29, 1.82) is 0 Å². The Morgan fingerprint density at radius 2 is 1.96 bits per heavy atom. The first-order valence-corrected chi connectivity index (χ1v) is 9.54. The molecule has 3 heterocycles. The number of benzene rings is 1. The molecule has 1 aromatic carbocycles. The van der Waals surface area contributed by atoms with Gasteiger partial charge in [-0.15, -0.1) is 0 Å². The van der Waals surface area contributed by atoms with Crippen LogP contribution >= 0.6 is 0 Å². The van der Waals surface area contributed by atoms with Gasteiger partial charge in [0.15, 0.2) is 22.5 Å². The molecule has 1 atom stereocenters. The van der Waals surface area contributed by atoms with Crippen molar-refractivity contribution < 1.29 is 18.5 Å². The highest BCUT2D eigenvalue weighted by atomic mass is 32.2.